The molecule has 0 amide bonds. The Morgan fingerprint density at radius 2 is 1.80 bits per heavy atom. The number of carbonyl (C=O) groups is 3. The molecule has 2 aromatic carbocycles. The summed E-state index contributed by atoms with van der Waals surface area (Å²) in [5.41, 5.74) is -1.72. The number of fused-ring (bicyclic) bond motifs is 4. The Kier molecular flexibility index (Phi) is 6.48. The lowest BCUT2D eigenvalue weighted by molar-refractivity contribution is -0.153. The zero-order chi connectivity index (χ0) is 29.5. The van der Waals surface area contributed by atoms with E-state index in [2.05, 4.69) is 26.1 Å². The number of ketones is 3. The first kappa shape index (κ1) is 28.0. The lowest BCUT2D eigenvalue weighted by Crippen LogP contribution is -2.65. The van der Waals surface area contributed by atoms with Crippen LogP contribution in [0.25, 0.3) is 16.5 Å². The molecule has 9 nitrogen and oxygen atoms in total. The van der Waals surface area contributed by atoms with Crippen molar-refractivity contribution in [3.8, 4) is 5.75 Å². The highest BCUT2D eigenvalue weighted by molar-refractivity contribution is 6.25. The van der Waals surface area contributed by atoms with Crippen LogP contribution in [0.5, 0.6) is 5.75 Å². The minimum absolute atomic E-state index is 0.0983. The molecule has 0 heterocycles. The zero-order valence-corrected chi connectivity index (χ0v) is 23.6. The molecule has 0 spiro atoms. The van der Waals surface area contributed by atoms with Gasteiger partial charge in [-0.2, -0.15) is 0 Å². The number of hydrogen-bond donors (Lipinski definition) is 5. The van der Waals surface area contributed by atoms with E-state index in [0.29, 0.717) is 17.5 Å². The minimum atomic E-state index is -2.57. The van der Waals surface area contributed by atoms with E-state index in [1.807, 2.05) is 24.3 Å². The molecule has 0 saturated heterocycles. The largest absolute Gasteiger partial charge is 0.508 e. The number of benzene rings is 2. The first-order valence-corrected chi connectivity index (χ1v) is 13.5. The van der Waals surface area contributed by atoms with E-state index in [-0.39, 0.29) is 35.3 Å². The van der Waals surface area contributed by atoms with Crippen LogP contribution in [0.3, 0.4) is 0 Å². The molecular weight excluding hydrogens is 512 g/mol. The molecule has 40 heavy (non-hydrogen) atoms. The van der Waals surface area contributed by atoms with Gasteiger partial charge in [0.2, 0.25) is 5.78 Å². The van der Waals surface area contributed by atoms with Crippen molar-refractivity contribution in [3.63, 3.8) is 0 Å². The highest BCUT2D eigenvalue weighted by Gasteiger charge is 2.63. The van der Waals surface area contributed by atoms with E-state index in [0.717, 1.165) is 17.9 Å². The summed E-state index contributed by atoms with van der Waals surface area (Å²) in [6, 6.07) is 6.56. The lowest BCUT2D eigenvalue weighted by atomic mass is 9.57. The Morgan fingerprint density at radius 3 is 2.40 bits per heavy atom. The van der Waals surface area contributed by atoms with Gasteiger partial charge in [-0.05, 0) is 83.1 Å². The van der Waals surface area contributed by atoms with E-state index in [1.54, 1.807) is 14.1 Å². The van der Waals surface area contributed by atoms with Crippen LogP contribution in [-0.2, 0) is 27.3 Å². The Balaban J connectivity index is 1.67. The topological polar surface area (TPSA) is 147 Å². The van der Waals surface area contributed by atoms with E-state index >= 15 is 0 Å². The van der Waals surface area contributed by atoms with Gasteiger partial charge in [0.1, 0.15) is 22.8 Å². The van der Waals surface area contributed by atoms with Crippen molar-refractivity contribution in [2.45, 2.75) is 64.3 Å². The number of hydrogen-bond acceptors (Lipinski definition) is 9. The summed E-state index contributed by atoms with van der Waals surface area (Å²) in [4.78, 5) is 41.1. The summed E-state index contributed by atoms with van der Waals surface area (Å²) in [5.74, 6) is -5.59. The van der Waals surface area contributed by atoms with Gasteiger partial charge >= 0.3 is 0 Å². The normalized spacial score (nSPS) is 26.8. The highest BCUT2D eigenvalue weighted by Crippen LogP contribution is 2.53. The van der Waals surface area contributed by atoms with Gasteiger partial charge in [-0.15, -0.1) is 0 Å². The first-order chi connectivity index (χ1) is 18.6. The van der Waals surface area contributed by atoms with Crippen LogP contribution in [-0.4, -0.2) is 74.0 Å². The predicted molar refractivity (Wildman–Crippen MR) is 150 cm³/mol. The maximum atomic E-state index is 14.0. The standard InChI is InChI=1S/C31H36N2O7/c1-14(34)21-27(37)24(33(5)6)20-12-18-11-17-10-16-8-7-15(13-32-30(2,3)4)9-19(16)25(35)22(17)26(36)23(18)29(39)31(20,40)28(21)38/h7-10,18,20,24,32,35-36,38,40H,11-13H2,1-6H3/t18-,20-,24-,31+/m0/s1. The number of aliphatic hydroxyl groups is 3. The number of rotatable bonds is 4. The molecule has 9 heteroatoms. The van der Waals surface area contributed by atoms with Gasteiger partial charge in [0, 0.05) is 29.0 Å². The molecule has 5 N–H and O–H groups in total. The molecule has 0 bridgehead atoms. The second-order valence-electron chi connectivity index (χ2n) is 12.6. The van der Waals surface area contributed by atoms with E-state index < -0.39 is 57.9 Å². The molecule has 3 aliphatic carbocycles. The minimum Gasteiger partial charge on any atom is -0.508 e. The fourth-order valence-electron chi connectivity index (χ4n) is 6.64. The third-order valence-corrected chi connectivity index (χ3v) is 8.52. The molecule has 5 rings (SSSR count). The van der Waals surface area contributed by atoms with Gasteiger partial charge in [-0.1, -0.05) is 18.2 Å². The smallest absolute Gasteiger partial charge is 0.202 e. The van der Waals surface area contributed by atoms with Gasteiger partial charge in [-0.3, -0.25) is 19.3 Å². The molecule has 3 aliphatic rings. The number of phenolic OH excluding ortho intramolecular Hbond substituents is 1. The second kappa shape index (κ2) is 9.26. The summed E-state index contributed by atoms with van der Waals surface area (Å²) in [7, 11) is 3.23. The Labute approximate surface area is 232 Å². The van der Waals surface area contributed by atoms with Gasteiger partial charge in [0.05, 0.1) is 11.6 Å². The van der Waals surface area contributed by atoms with Crippen LogP contribution >= 0.6 is 0 Å². The fourth-order valence-corrected chi connectivity index (χ4v) is 6.64. The van der Waals surface area contributed by atoms with Gasteiger partial charge in [0.15, 0.2) is 17.2 Å². The second-order valence-corrected chi connectivity index (χ2v) is 12.6. The molecule has 1 saturated carbocycles. The summed E-state index contributed by atoms with van der Waals surface area (Å²) in [6.07, 6.45) is 0.378. The van der Waals surface area contributed by atoms with Crippen molar-refractivity contribution < 1.29 is 34.8 Å². The van der Waals surface area contributed by atoms with Crippen molar-refractivity contribution in [3.05, 3.63) is 57.9 Å². The average Bonchev–Trinajstić information content (AvgIpc) is 2.84. The molecule has 2 aromatic rings. The van der Waals surface area contributed by atoms with E-state index in [1.165, 1.54) is 4.90 Å². The van der Waals surface area contributed by atoms with Crippen molar-refractivity contribution in [1.82, 2.24) is 10.2 Å². The number of Topliss-reactive ketones (excluding diaryl/α,β-unsaturated/α-hetero) is 3. The van der Waals surface area contributed by atoms with E-state index in [4.69, 9.17) is 0 Å². The monoisotopic (exact) mass is 548 g/mol. The number of aliphatic hydroxyl groups excluding tert-OH is 2. The average molecular weight is 549 g/mol. The van der Waals surface area contributed by atoms with Gasteiger partial charge in [0.25, 0.3) is 0 Å². The van der Waals surface area contributed by atoms with Crippen molar-refractivity contribution in [2.24, 2.45) is 11.8 Å². The Bertz CT molecular complexity index is 1540. The van der Waals surface area contributed by atoms with Crippen LogP contribution < -0.4 is 5.32 Å². The number of phenols is 1. The number of aromatic hydroxyl groups is 1. The van der Waals surface area contributed by atoms with Crippen molar-refractivity contribution >= 4 is 33.9 Å². The molecule has 4 atom stereocenters. The lowest BCUT2D eigenvalue weighted by Gasteiger charge is -2.50. The number of carbonyl (C=O) groups excluding carboxylic acids is 3. The van der Waals surface area contributed by atoms with Crippen LogP contribution in [0.15, 0.2) is 41.2 Å². The fraction of sp³-hybridized carbons (Fsp3) is 0.452. The molecule has 0 aromatic heterocycles. The maximum Gasteiger partial charge on any atom is 0.202 e. The van der Waals surface area contributed by atoms with Crippen LogP contribution in [0.2, 0.25) is 0 Å². The van der Waals surface area contributed by atoms with E-state index in [9.17, 15) is 34.8 Å². The van der Waals surface area contributed by atoms with Gasteiger partial charge in [-0.25, -0.2) is 0 Å². The van der Waals surface area contributed by atoms with Crippen LogP contribution in [0.4, 0.5) is 0 Å². The summed E-state index contributed by atoms with van der Waals surface area (Å²) < 4.78 is 0. The highest BCUT2D eigenvalue weighted by atomic mass is 16.3. The Hall–Kier alpha value is -3.53. The molecule has 1 fully saturated rings. The molecule has 0 unspecified atom stereocenters. The van der Waals surface area contributed by atoms with Crippen LogP contribution in [0.1, 0.15) is 50.8 Å². The van der Waals surface area contributed by atoms with Crippen molar-refractivity contribution in [2.75, 3.05) is 14.1 Å². The Morgan fingerprint density at radius 1 is 1.12 bits per heavy atom. The third kappa shape index (κ3) is 4.06. The molecular formula is C31H36N2O7. The quantitative estimate of drug-likeness (QED) is 0.364. The van der Waals surface area contributed by atoms with Crippen molar-refractivity contribution in [1.29, 1.82) is 0 Å². The summed E-state index contributed by atoms with van der Waals surface area (Å²) in [5, 5.41) is 50.3. The summed E-state index contributed by atoms with van der Waals surface area (Å²) in [6.45, 7) is 7.82. The maximum absolute atomic E-state index is 14.0. The van der Waals surface area contributed by atoms with Crippen LogP contribution in [0, 0.1) is 11.8 Å². The molecule has 0 aliphatic heterocycles. The number of nitrogens with one attached hydrogen (secondary N) is 1. The molecule has 212 valence electrons. The zero-order valence-electron chi connectivity index (χ0n) is 23.6. The third-order valence-electron chi connectivity index (χ3n) is 8.52. The first-order valence-electron chi connectivity index (χ1n) is 13.5. The number of likely N-dealkylation sites (N-methyl/N-ethyl adjacent to an activating group) is 1. The molecule has 0 radical (unpaired) electrons. The summed E-state index contributed by atoms with van der Waals surface area (Å²) >= 11 is 0. The van der Waals surface area contributed by atoms with Gasteiger partial charge < -0.3 is 25.7 Å². The SMILES string of the molecule is CC(=O)C1=C(O)[C@@]2(O)C(=O)C3=C(O)c4c(cc5ccc(CNC(C)(C)C)cc5c4O)C[C@H]3C[C@H]2[C@H](N(C)C)C1=O. The predicted octanol–water partition coefficient (Wildman–Crippen LogP) is 3.11. The number of nitrogens with zero attached hydrogens (tertiary/aromatic N) is 1.